The van der Waals surface area contributed by atoms with Crippen LogP contribution in [0, 0.1) is 0 Å². The van der Waals surface area contributed by atoms with E-state index in [4.69, 9.17) is 4.74 Å². The summed E-state index contributed by atoms with van der Waals surface area (Å²) in [5, 5.41) is 1.29. The normalized spacial score (nSPS) is 13.6. The summed E-state index contributed by atoms with van der Waals surface area (Å²) in [5.41, 5.74) is 5.10. The van der Waals surface area contributed by atoms with E-state index in [2.05, 4.69) is 35.8 Å². The standard InChI is InChI=1S/C23H26N2O2/c1-3-25-20-10-6-5-9-18(20)19-16-24(15-14-21(19)25)23(26)13-12-17-8-4-7-11-22(17)27-2/h4-11H,3,12-16H2,1-2H3. The maximum absolute atomic E-state index is 12.9. The first-order valence-electron chi connectivity index (χ1n) is 9.71. The topological polar surface area (TPSA) is 34.5 Å². The summed E-state index contributed by atoms with van der Waals surface area (Å²) in [6.07, 6.45) is 2.16. The molecular weight excluding hydrogens is 336 g/mol. The predicted octanol–water partition coefficient (Wildman–Crippen LogP) is 4.19. The molecule has 0 fully saturated rings. The maximum Gasteiger partial charge on any atom is 0.223 e. The lowest BCUT2D eigenvalue weighted by molar-refractivity contribution is -0.132. The van der Waals surface area contributed by atoms with Gasteiger partial charge in [-0.3, -0.25) is 4.79 Å². The molecule has 4 heteroatoms. The summed E-state index contributed by atoms with van der Waals surface area (Å²) < 4.78 is 7.81. The van der Waals surface area contributed by atoms with Gasteiger partial charge in [-0.25, -0.2) is 0 Å². The number of hydrogen-bond donors (Lipinski definition) is 0. The number of para-hydroxylation sites is 2. The van der Waals surface area contributed by atoms with Crippen molar-refractivity contribution in [3.05, 3.63) is 65.4 Å². The molecule has 140 valence electrons. The van der Waals surface area contributed by atoms with Gasteiger partial charge < -0.3 is 14.2 Å². The third kappa shape index (κ3) is 3.20. The zero-order valence-corrected chi connectivity index (χ0v) is 16.1. The SMILES string of the molecule is CCn1c2c(c3ccccc31)CN(C(=O)CCc1ccccc1OC)CC2. The molecule has 4 rings (SSSR count). The summed E-state index contributed by atoms with van der Waals surface area (Å²) in [4.78, 5) is 14.9. The van der Waals surface area contributed by atoms with Crippen molar-refractivity contribution in [1.82, 2.24) is 9.47 Å². The molecule has 1 aliphatic rings. The van der Waals surface area contributed by atoms with Crippen molar-refractivity contribution in [3.8, 4) is 5.75 Å². The fourth-order valence-electron chi connectivity index (χ4n) is 4.28. The molecule has 0 unspecified atom stereocenters. The van der Waals surface area contributed by atoms with Crippen molar-refractivity contribution in [1.29, 1.82) is 0 Å². The number of carbonyl (C=O) groups excluding carboxylic acids is 1. The maximum atomic E-state index is 12.9. The van der Waals surface area contributed by atoms with E-state index in [-0.39, 0.29) is 5.91 Å². The lowest BCUT2D eigenvalue weighted by atomic mass is 10.0. The summed E-state index contributed by atoms with van der Waals surface area (Å²) in [6, 6.07) is 16.5. The minimum atomic E-state index is 0.222. The van der Waals surface area contributed by atoms with Gasteiger partial charge in [-0.1, -0.05) is 36.4 Å². The Morgan fingerprint density at radius 2 is 1.89 bits per heavy atom. The lowest BCUT2D eigenvalue weighted by Gasteiger charge is -2.28. The van der Waals surface area contributed by atoms with Gasteiger partial charge in [-0.2, -0.15) is 0 Å². The quantitative estimate of drug-likeness (QED) is 0.682. The largest absolute Gasteiger partial charge is 0.496 e. The number of aryl methyl sites for hydroxylation is 2. The molecule has 0 radical (unpaired) electrons. The predicted molar refractivity (Wildman–Crippen MR) is 108 cm³/mol. The van der Waals surface area contributed by atoms with Crippen LogP contribution in [-0.4, -0.2) is 29.0 Å². The molecule has 1 amide bonds. The number of hydrogen-bond acceptors (Lipinski definition) is 2. The molecule has 0 saturated heterocycles. The van der Waals surface area contributed by atoms with E-state index in [0.717, 1.165) is 30.8 Å². The molecule has 0 aliphatic carbocycles. The number of rotatable bonds is 5. The third-order valence-electron chi connectivity index (χ3n) is 5.63. The smallest absolute Gasteiger partial charge is 0.223 e. The van der Waals surface area contributed by atoms with Gasteiger partial charge in [-0.05, 0) is 31.0 Å². The molecule has 2 aromatic carbocycles. The van der Waals surface area contributed by atoms with E-state index in [1.807, 2.05) is 29.2 Å². The van der Waals surface area contributed by atoms with Gasteiger partial charge in [0.15, 0.2) is 0 Å². The van der Waals surface area contributed by atoms with E-state index < -0.39 is 0 Å². The Bertz CT molecular complexity index is 974. The van der Waals surface area contributed by atoms with Crippen LogP contribution in [0.1, 0.15) is 30.2 Å². The van der Waals surface area contributed by atoms with Gasteiger partial charge in [0.25, 0.3) is 0 Å². The zero-order chi connectivity index (χ0) is 18.8. The van der Waals surface area contributed by atoms with Crippen molar-refractivity contribution >= 4 is 16.8 Å². The van der Waals surface area contributed by atoms with Crippen LogP contribution < -0.4 is 4.74 Å². The van der Waals surface area contributed by atoms with E-state index >= 15 is 0 Å². The van der Waals surface area contributed by atoms with Crippen LogP contribution in [0.2, 0.25) is 0 Å². The molecule has 2 heterocycles. The lowest BCUT2D eigenvalue weighted by Crippen LogP contribution is -2.36. The average molecular weight is 362 g/mol. The molecule has 27 heavy (non-hydrogen) atoms. The molecule has 0 bridgehead atoms. The van der Waals surface area contributed by atoms with Crippen molar-refractivity contribution < 1.29 is 9.53 Å². The second-order valence-electron chi connectivity index (χ2n) is 7.06. The highest BCUT2D eigenvalue weighted by Gasteiger charge is 2.25. The van der Waals surface area contributed by atoms with Gasteiger partial charge >= 0.3 is 0 Å². The van der Waals surface area contributed by atoms with Crippen molar-refractivity contribution in [2.24, 2.45) is 0 Å². The second kappa shape index (κ2) is 7.47. The van der Waals surface area contributed by atoms with Crippen molar-refractivity contribution in [3.63, 3.8) is 0 Å². The minimum Gasteiger partial charge on any atom is -0.496 e. The first-order chi connectivity index (χ1) is 13.2. The number of ether oxygens (including phenoxy) is 1. The van der Waals surface area contributed by atoms with Crippen LogP contribution in [-0.2, 0) is 30.7 Å². The molecule has 0 N–H and O–H groups in total. The Hall–Kier alpha value is -2.75. The minimum absolute atomic E-state index is 0.222. The number of methoxy groups -OCH3 is 1. The van der Waals surface area contributed by atoms with E-state index in [1.54, 1.807) is 7.11 Å². The summed E-state index contributed by atoms with van der Waals surface area (Å²) in [5.74, 6) is 1.08. The molecule has 1 aromatic heterocycles. The first-order valence-corrected chi connectivity index (χ1v) is 9.71. The molecule has 0 atom stereocenters. The molecule has 0 spiro atoms. The van der Waals surface area contributed by atoms with Gasteiger partial charge in [0.05, 0.1) is 7.11 Å². The molecular formula is C23H26N2O2. The number of carbonyl (C=O) groups is 1. The van der Waals surface area contributed by atoms with Crippen LogP contribution in [0.3, 0.4) is 0 Å². The summed E-state index contributed by atoms with van der Waals surface area (Å²) >= 11 is 0. The van der Waals surface area contributed by atoms with Gasteiger partial charge in [-0.15, -0.1) is 0 Å². The Morgan fingerprint density at radius 1 is 1.11 bits per heavy atom. The van der Waals surface area contributed by atoms with Crippen molar-refractivity contribution in [2.75, 3.05) is 13.7 Å². The fraction of sp³-hybridized carbons (Fsp3) is 0.348. The number of amides is 1. The first kappa shape index (κ1) is 17.7. The van der Waals surface area contributed by atoms with Gasteiger partial charge in [0.1, 0.15) is 5.75 Å². The van der Waals surface area contributed by atoms with Gasteiger partial charge in [0, 0.05) is 54.6 Å². The summed E-state index contributed by atoms with van der Waals surface area (Å²) in [6.45, 7) is 4.68. The molecule has 3 aromatic rings. The van der Waals surface area contributed by atoms with Crippen molar-refractivity contribution in [2.45, 2.75) is 39.3 Å². The Kier molecular flexibility index (Phi) is 4.88. The van der Waals surface area contributed by atoms with E-state index in [0.29, 0.717) is 19.4 Å². The Morgan fingerprint density at radius 3 is 2.70 bits per heavy atom. The van der Waals surface area contributed by atoms with Crippen LogP contribution >= 0.6 is 0 Å². The molecule has 0 saturated carbocycles. The van der Waals surface area contributed by atoms with Crippen LogP contribution in [0.5, 0.6) is 5.75 Å². The second-order valence-corrected chi connectivity index (χ2v) is 7.06. The molecule has 4 nitrogen and oxygen atoms in total. The highest BCUT2D eigenvalue weighted by Crippen LogP contribution is 2.31. The Balaban J connectivity index is 1.52. The third-order valence-corrected chi connectivity index (χ3v) is 5.63. The monoisotopic (exact) mass is 362 g/mol. The fourth-order valence-corrected chi connectivity index (χ4v) is 4.28. The summed E-state index contributed by atoms with van der Waals surface area (Å²) in [7, 11) is 1.68. The number of benzene rings is 2. The highest BCUT2D eigenvalue weighted by molar-refractivity contribution is 5.87. The van der Waals surface area contributed by atoms with E-state index in [1.165, 1.54) is 22.2 Å². The van der Waals surface area contributed by atoms with Crippen LogP contribution in [0.25, 0.3) is 10.9 Å². The average Bonchev–Trinajstić information content (AvgIpc) is 3.05. The number of nitrogens with zero attached hydrogens (tertiary/aromatic N) is 2. The highest BCUT2D eigenvalue weighted by atomic mass is 16.5. The number of aromatic nitrogens is 1. The van der Waals surface area contributed by atoms with Gasteiger partial charge in [0.2, 0.25) is 5.91 Å². The van der Waals surface area contributed by atoms with E-state index in [9.17, 15) is 4.79 Å². The number of fused-ring (bicyclic) bond motifs is 3. The molecule has 1 aliphatic heterocycles. The zero-order valence-electron chi connectivity index (χ0n) is 16.1. The Labute approximate surface area is 160 Å². The van der Waals surface area contributed by atoms with Crippen LogP contribution in [0.4, 0.5) is 0 Å². The van der Waals surface area contributed by atoms with Crippen LogP contribution in [0.15, 0.2) is 48.5 Å².